The molecule has 2 N–H and O–H groups in total. The van der Waals surface area contributed by atoms with Crippen molar-refractivity contribution >= 4 is 15.7 Å². The van der Waals surface area contributed by atoms with Crippen LogP contribution in [0.1, 0.15) is 19.4 Å². The van der Waals surface area contributed by atoms with Crippen molar-refractivity contribution in [1.29, 1.82) is 0 Å². The van der Waals surface area contributed by atoms with E-state index in [0.29, 0.717) is 11.4 Å². The molecular weight excluding hydrogens is 274 g/mol. The van der Waals surface area contributed by atoms with Crippen molar-refractivity contribution in [3.63, 3.8) is 0 Å². The molecular formula is C14H23N3O2S. The van der Waals surface area contributed by atoms with Crippen molar-refractivity contribution in [2.24, 2.45) is 0 Å². The Morgan fingerprint density at radius 2 is 2.05 bits per heavy atom. The quantitative estimate of drug-likeness (QED) is 0.859. The molecule has 2 rings (SSSR count). The van der Waals surface area contributed by atoms with Gasteiger partial charge in [0.2, 0.25) is 10.0 Å². The highest BCUT2D eigenvalue weighted by atomic mass is 32.2. The molecule has 1 heterocycles. The van der Waals surface area contributed by atoms with E-state index >= 15 is 0 Å². The fraction of sp³-hybridized carbons (Fsp3) is 0.571. The summed E-state index contributed by atoms with van der Waals surface area (Å²) in [7, 11) is 0.411. The summed E-state index contributed by atoms with van der Waals surface area (Å²) >= 11 is 0. The molecule has 20 heavy (non-hydrogen) atoms. The Hall–Kier alpha value is -1.11. The summed E-state index contributed by atoms with van der Waals surface area (Å²) in [6.45, 7) is 5.24. The van der Waals surface area contributed by atoms with Crippen LogP contribution in [0.5, 0.6) is 0 Å². The van der Waals surface area contributed by atoms with E-state index in [9.17, 15) is 8.42 Å². The molecule has 0 aliphatic carbocycles. The van der Waals surface area contributed by atoms with Crippen molar-refractivity contribution < 1.29 is 8.42 Å². The highest BCUT2D eigenvalue weighted by Gasteiger charge is 2.25. The predicted molar refractivity (Wildman–Crippen MR) is 81.6 cm³/mol. The molecule has 0 radical (unpaired) electrons. The van der Waals surface area contributed by atoms with E-state index in [2.05, 4.69) is 10.0 Å². The lowest BCUT2D eigenvalue weighted by molar-refractivity contribution is 0.199. The number of likely N-dealkylation sites (N-methyl/N-ethyl adjacent to an activating group) is 1. The molecule has 0 saturated heterocycles. The van der Waals surface area contributed by atoms with Gasteiger partial charge in [-0.05, 0) is 52.1 Å². The topological polar surface area (TPSA) is 61.4 Å². The molecule has 1 aliphatic heterocycles. The summed E-state index contributed by atoms with van der Waals surface area (Å²) in [5.41, 5.74) is 1.87. The lowest BCUT2D eigenvalue weighted by Crippen LogP contribution is -2.48. The first-order chi connectivity index (χ1) is 9.22. The molecule has 0 spiro atoms. The number of sulfonamides is 1. The number of nitrogens with one attached hydrogen (secondary N) is 2. The van der Waals surface area contributed by atoms with Crippen LogP contribution in [0.4, 0.5) is 5.69 Å². The van der Waals surface area contributed by atoms with Crippen LogP contribution in [0.2, 0.25) is 0 Å². The highest BCUT2D eigenvalue weighted by molar-refractivity contribution is 7.89. The molecule has 0 bridgehead atoms. The molecule has 5 nitrogen and oxygen atoms in total. The molecule has 0 unspecified atom stereocenters. The van der Waals surface area contributed by atoms with Crippen LogP contribution in [-0.4, -0.2) is 46.0 Å². The first kappa shape index (κ1) is 15.3. The molecule has 0 fully saturated rings. The van der Waals surface area contributed by atoms with E-state index in [-0.39, 0.29) is 5.54 Å². The summed E-state index contributed by atoms with van der Waals surface area (Å²) in [5.74, 6) is 0. The Morgan fingerprint density at radius 1 is 1.35 bits per heavy atom. The number of hydrogen-bond acceptors (Lipinski definition) is 4. The summed E-state index contributed by atoms with van der Waals surface area (Å²) in [6, 6.07) is 5.28. The molecule has 0 saturated carbocycles. The molecule has 112 valence electrons. The van der Waals surface area contributed by atoms with Crippen LogP contribution < -0.4 is 10.0 Å². The minimum absolute atomic E-state index is 0.234. The Balaban J connectivity index is 2.15. The summed E-state index contributed by atoms with van der Waals surface area (Å²) in [6.07, 6.45) is 0.955. The van der Waals surface area contributed by atoms with E-state index in [1.807, 2.05) is 38.9 Å². The zero-order valence-corrected chi connectivity index (χ0v) is 13.3. The Labute approximate surface area is 121 Å². The van der Waals surface area contributed by atoms with Crippen molar-refractivity contribution in [3.8, 4) is 0 Å². The van der Waals surface area contributed by atoms with Gasteiger partial charge in [0.15, 0.2) is 0 Å². The van der Waals surface area contributed by atoms with E-state index in [4.69, 9.17) is 0 Å². The maximum absolute atomic E-state index is 12.3. The number of benzene rings is 1. The second kappa shape index (κ2) is 5.35. The van der Waals surface area contributed by atoms with Gasteiger partial charge in [0.05, 0.1) is 4.90 Å². The SMILES string of the molecule is CN(C)C(C)(C)CNS(=O)(=O)c1ccc2c(c1)NCC2. The monoisotopic (exact) mass is 297 g/mol. The van der Waals surface area contributed by atoms with Gasteiger partial charge in [-0.1, -0.05) is 6.07 Å². The molecule has 6 heteroatoms. The normalized spacial score (nSPS) is 15.2. The highest BCUT2D eigenvalue weighted by Crippen LogP contribution is 2.25. The van der Waals surface area contributed by atoms with Crippen molar-refractivity contribution in [3.05, 3.63) is 23.8 Å². The summed E-state index contributed by atoms with van der Waals surface area (Å²) in [4.78, 5) is 2.32. The number of nitrogens with zero attached hydrogens (tertiary/aromatic N) is 1. The maximum atomic E-state index is 12.3. The molecule has 1 aromatic carbocycles. The minimum Gasteiger partial charge on any atom is -0.384 e. The van der Waals surface area contributed by atoms with Gasteiger partial charge < -0.3 is 10.2 Å². The van der Waals surface area contributed by atoms with E-state index in [1.165, 1.54) is 5.56 Å². The molecule has 0 amide bonds. The van der Waals surface area contributed by atoms with Gasteiger partial charge in [0.1, 0.15) is 0 Å². The average molecular weight is 297 g/mol. The van der Waals surface area contributed by atoms with Gasteiger partial charge in [-0.15, -0.1) is 0 Å². The molecule has 0 atom stereocenters. The van der Waals surface area contributed by atoms with Gasteiger partial charge in [-0.25, -0.2) is 13.1 Å². The van der Waals surface area contributed by atoms with Crippen LogP contribution >= 0.6 is 0 Å². The fourth-order valence-corrected chi connectivity index (χ4v) is 3.18. The van der Waals surface area contributed by atoms with Gasteiger partial charge >= 0.3 is 0 Å². The fourth-order valence-electron chi connectivity index (χ4n) is 1.95. The first-order valence-corrected chi connectivity index (χ1v) is 8.25. The van der Waals surface area contributed by atoms with Gasteiger partial charge in [0.25, 0.3) is 0 Å². The lowest BCUT2D eigenvalue weighted by atomic mass is 10.1. The van der Waals surface area contributed by atoms with E-state index in [1.54, 1.807) is 12.1 Å². The third kappa shape index (κ3) is 3.13. The van der Waals surface area contributed by atoms with Crippen molar-refractivity contribution in [2.45, 2.75) is 30.7 Å². The van der Waals surface area contributed by atoms with Crippen LogP contribution in [0, 0.1) is 0 Å². The number of fused-ring (bicyclic) bond motifs is 1. The zero-order chi connectivity index (χ0) is 15.0. The van der Waals surface area contributed by atoms with Crippen molar-refractivity contribution in [2.75, 3.05) is 32.5 Å². The average Bonchev–Trinajstić information content (AvgIpc) is 2.83. The summed E-state index contributed by atoms with van der Waals surface area (Å²) < 4.78 is 27.4. The number of anilines is 1. The molecule has 1 aromatic rings. The molecule has 0 aromatic heterocycles. The third-order valence-corrected chi connectivity index (χ3v) is 5.41. The third-order valence-electron chi connectivity index (χ3n) is 4.01. The number of rotatable bonds is 5. The molecule has 1 aliphatic rings. The van der Waals surface area contributed by atoms with Crippen LogP contribution in [0.15, 0.2) is 23.1 Å². The lowest BCUT2D eigenvalue weighted by Gasteiger charge is -2.32. The van der Waals surface area contributed by atoms with Crippen molar-refractivity contribution in [1.82, 2.24) is 9.62 Å². The van der Waals surface area contributed by atoms with E-state index < -0.39 is 10.0 Å². The van der Waals surface area contributed by atoms with Gasteiger partial charge in [-0.2, -0.15) is 0 Å². The smallest absolute Gasteiger partial charge is 0.240 e. The zero-order valence-electron chi connectivity index (χ0n) is 12.5. The maximum Gasteiger partial charge on any atom is 0.240 e. The second-order valence-corrected chi connectivity index (χ2v) is 7.79. The van der Waals surface area contributed by atoms with Gasteiger partial charge in [-0.3, -0.25) is 0 Å². The van der Waals surface area contributed by atoms with Crippen LogP contribution in [-0.2, 0) is 16.4 Å². The predicted octanol–water partition coefficient (Wildman–Crippen LogP) is 1.27. The van der Waals surface area contributed by atoms with Crippen LogP contribution in [0.25, 0.3) is 0 Å². The first-order valence-electron chi connectivity index (χ1n) is 6.76. The largest absolute Gasteiger partial charge is 0.384 e. The van der Waals surface area contributed by atoms with E-state index in [0.717, 1.165) is 18.7 Å². The number of hydrogen-bond donors (Lipinski definition) is 2. The Kier molecular flexibility index (Phi) is 4.09. The second-order valence-electron chi connectivity index (χ2n) is 6.03. The van der Waals surface area contributed by atoms with Gasteiger partial charge in [0, 0.05) is 24.3 Å². The Bertz CT molecular complexity index is 594. The Morgan fingerprint density at radius 3 is 2.70 bits per heavy atom. The van der Waals surface area contributed by atoms with Crippen LogP contribution in [0.3, 0.4) is 0 Å². The summed E-state index contributed by atoms with van der Waals surface area (Å²) in [5, 5.41) is 3.20. The minimum atomic E-state index is -3.47. The standard InChI is InChI=1S/C14H23N3O2S/c1-14(2,17(3)4)10-16-20(18,19)12-6-5-11-7-8-15-13(11)9-12/h5-6,9,15-16H,7-8,10H2,1-4H3.